The van der Waals surface area contributed by atoms with Crippen molar-refractivity contribution in [1.29, 1.82) is 0 Å². The van der Waals surface area contributed by atoms with Gasteiger partial charge in [-0.2, -0.15) is 0 Å². The zero-order valence-electron chi connectivity index (χ0n) is 11.1. The van der Waals surface area contributed by atoms with E-state index in [-0.39, 0.29) is 6.61 Å². The lowest BCUT2D eigenvalue weighted by atomic mass is 10.1. The summed E-state index contributed by atoms with van der Waals surface area (Å²) in [5.41, 5.74) is 1.69. The Morgan fingerprint density at radius 3 is 2.63 bits per heavy atom. The third kappa shape index (κ3) is 5.09. The lowest BCUT2D eigenvalue weighted by Crippen LogP contribution is -2.36. The summed E-state index contributed by atoms with van der Waals surface area (Å²) in [5.74, 6) is -1.36. The van der Waals surface area contributed by atoms with Crippen LogP contribution in [0.2, 0.25) is 0 Å². The average molecular weight is 264 g/mol. The van der Waals surface area contributed by atoms with Crippen LogP contribution < -0.4 is 10.6 Å². The number of carbonyl (C=O) groups excluding carboxylic acids is 2. The van der Waals surface area contributed by atoms with Crippen molar-refractivity contribution in [2.75, 3.05) is 18.5 Å². The second kappa shape index (κ2) is 8.26. The van der Waals surface area contributed by atoms with Crippen molar-refractivity contribution >= 4 is 17.5 Å². The quantitative estimate of drug-likeness (QED) is 0.531. The Morgan fingerprint density at radius 2 is 1.95 bits per heavy atom. The zero-order valence-corrected chi connectivity index (χ0v) is 11.1. The minimum Gasteiger partial charge on any atom is -0.396 e. The van der Waals surface area contributed by atoms with E-state index in [1.807, 2.05) is 18.2 Å². The molecule has 1 aromatic rings. The SMILES string of the molecule is CCCc1ccccc1NC(=O)C(=O)NCCCO. The number of nitrogens with one attached hydrogen (secondary N) is 2. The summed E-state index contributed by atoms with van der Waals surface area (Å²) in [6.07, 6.45) is 2.25. The summed E-state index contributed by atoms with van der Waals surface area (Å²) >= 11 is 0. The molecule has 104 valence electrons. The smallest absolute Gasteiger partial charge is 0.313 e. The highest BCUT2D eigenvalue weighted by atomic mass is 16.3. The number of hydrogen-bond acceptors (Lipinski definition) is 3. The normalized spacial score (nSPS) is 10.0. The van der Waals surface area contributed by atoms with Gasteiger partial charge < -0.3 is 15.7 Å². The molecule has 0 radical (unpaired) electrons. The minimum atomic E-state index is -0.681. The maximum Gasteiger partial charge on any atom is 0.313 e. The van der Waals surface area contributed by atoms with E-state index in [4.69, 9.17) is 5.11 Å². The molecule has 1 aromatic carbocycles. The molecule has 3 N–H and O–H groups in total. The van der Waals surface area contributed by atoms with Gasteiger partial charge in [0.15, 0.2) is 0 Å². The molecular formula is C14H20N2O3. The first-order valence-corrected chi connectivity index (χ1v) is 6.47. The van der Waals surface area contributed by atoms with Gasteiger partial charge in [-0.1, -0.05) is 31.5 Å². The largest absolute Gasteiger partial charge is 0.396 e. The number of hydrogen-bond donors (Lipinski definition) is 3. The Labute approximate surface area is 113 Å². The molecule has 0 heterocycles. The van der Waals surface area contributed by atoms with Crippen LogP contribution in [-0.4, -0.2) is 30.1 Å². The van der Waals surface area contributed by atoms with Crippen LogP contribution in [0.1, 0.15) is 25.3 Å². The first-order chi connectivity index (χ1) is 9.19. The number of benzene rings is 1. The van der Waals surface area contributed by atoms with Crippen molar-refractivity contribution in [3.63, 3.8) is 0 Å². The van der Waals surface area contributed by atoms with Crippen molar-refractivity contribution in [3.05, 3.63) is 29.8 Å². The first-order valence-electron chi connectivity index (χ1n) is 6.47. The third-order valence-electron chi connectivity index (χ3n) is 2.61. The van der Waals surface area contributed by atoms with E-state index in [0.717, 1.165) is 18.4 Å². The van der Waals surface area contributed by atoms with E-state index in [1.165, 1.54) is 0 Å². The van der Waals surface area contributed by atoms with Gasteiger partial charge in [0, 0.05) is 18.8 Å². The number of anilines is 1. The Hall–Kier alpha value is -1.88. The van der Waals surface area contributed by atoms with E-state index in [0.29, 0.717) is 18.7 Å². The number of para-hydroxylation sites is 1. The van der Waals surface area contributed by atoms with Crippen LogP contribution in [-0.2, 0) is 16.0 Å². The highest BCUT2D eigenvalue weighted by molar-refractivity contribution is 6.39. The van der Waals surface area contributed by atoms with Gasteiger partial charge in [0.2, 0.25) is 0 Å². The third-order valence-corrected chi connectivity index (χ3v) is 2.61. The molecule has 0 unspecified atom stereocenters. The van der Waals surface area contributed by atoms with Crippen LogP contribution in [0, 0.1) is 0 Å². The van der Waals surface area contributed by atoms with Crippen LogP contribution in [0.25, 0.3) is 0 Å². The van der Waals surface area contributed by atoms with Gasteiger partial charge in [-0.25, -0.2) is 0 Å². The Balaban J connectivity index is 2.58. The Bertz CT molecular complexity index is 432. The lowest BCUT2D eigenvalue weighted by molar-refractivity contribution is -0.136. The highest BCUT2D eigenvalue weighted by Gasteiger charge is 2.14. The second-order valence-corrected chi connectivity index (χ2v) is 4.19. The molecule has 0 saturated carbocycles. The second-order valence-electron chi connectivity index (χ2n) is 4.19. The predicted octanol–water partition coefficient (Wildman–Crippen LogP) is 1.08. The molecule has 19 heavy (non-hydrogen) atoms. The molecule has 1 rings (SSSR count). The molecule has 0 aromatic heterocycles. The van der Waals surface area contributed by atoms with Gasteiger partial charge in [-0.15, -0.1) is 0 Å². The number of amides is 2. The summed E-state index contributed by atoms with van der Waals surface area (Å²) in [4.78, 5) is 23.2. The summed E-state index contributed by atoms with van der Waals surface area (Å²) < 4.78 is 0. The van der Waals surface area contributed by atoms with E-state index >= 15 is 0 Å². The van der Waals surface area contributed by atoms with Crippen LogP contribution in [0.5, 0.6) is 0 Å². The van der Waals surface area contributed by atoms with Crippen molar-refractivity contribution in [1.82, 2.24) is 5.32 Å². The molecule has 5 heteroatoms. The Kier molecular flexibility index (Phi) is 6.60. The highest BCUT2D eigenvalue weighted by Crippen LogP contribution is 2.16. The molecule has 2 amide bonds. The van der Waals surface area contributed by atoms with Gasteiger partial charge in [-0.05, 0) is 24.5 Å². The van der Waals surface area contributed by atoms with E-state index in [2.05, 4.69) is 17.6 Å². The summed E-state index contributed by atoms with van der Waals surface area (Å²) in [6.45, 7) is 2.33. The van der Waals surface area contributed by atoms with Crippen molar-refractivity contribution < 1.29 is 14.7 Å². The fourth-order valence-electron chi connectivity index (χ4n) is 1.67. The molecule has 0 spiro atoms. The molecule has 0 aliphatic heterocycles. The van der Waals surface area contributed by atoms with E-state index in [9.17, 15) is 9.59 Å². The molecule has 0 atom stereocenters. The topological polar surface area (TPSA) is 78.4 Å². The molecule has 0 aliphatic carbocycles. The van der Waals surface area contributed by atoms with E-state index in [1.54, 1.807) is 6.07 Å². The fourth-order valence-corrected chi connectivity index (χ4v) is 1.67. The number of aliphatic hydroxyl groups excluding tert-OH is 1. The molecule has 0 fully saturated rings. The number of carbonyl (C=O) groups is 2. The Morgan fingerprint density at radius 1 is 1.21 bits per heavy atom. The van der Waals surface area contributed by atoms with Crippen molar-refractivity contribution in [3.8, 4) is 0 Å². The predicted molar refractivity (Wildman–Crippen MR) is 73.8 cm³/mol. The van der Waals surface area contributed by atoms with Crippen LogP contribution in [0.4, 0.5) is 5.69 Å². The monoisotopic (exact) mass is 264 g/mol. The first kappa shape index (κ1) is 15.2. The van der Waals surface area contributed by atoms with Crippen molar-refractivity contribution in [2.24, 2.45) is 0 Å². The van der Waals surface area contributed by atoms with Gasteiger partial charge in [0.05, 0.1) is 0 Å². The van der Waals surface area contributed by atoms with Gasteiger partial charge in [0.1, 0.15) is 0 Å². The number of aliphatic hydroxyl groups is 1. The molecule has 0 bridgehead atoms. The molecule has 0 aliphatic rings. The van der Waals surface area contributed by atoms with Gasteiger partial charge >= 0.3 is 11.8 Å². The maximum absolute atomic E-state index is 11.7. The summed E-state index contributed by atoms with van der Waals surface area (Å²) in [6, 6.07) is 7.44. The average Bonchev–Trinajstić information content (AvgIpc) is 2.41. The van der Waals surface area contributed by atoms with Gasteiger partial charge in [-0.3, -0.25) is 9.59 Å². The standard InChI is InChI=1S/C14H20N2O3/c1-2-6-11-7-3-4-8-12(11)16-14(19)13(18)15-9-5-10-17/h3-4,7-8,17H,2,5-6,9-10H2,1H3,(H,15,18)(H,16,19). The lowest BCUT2D eigenvalue weighted by Gasteiger charge is -2.10. The van der Waals surface area contributed by atoms with Crippen LogP contribution in [0.15, 0.2) is 24.3 Å². The summed E-state index contributed by atoms with van der Waals surface area (Å²) in [7, 11) is 0. The maximum atomic E-state index is 11.7. The van der Waals surface area contributed by atoms with E-state index < -0.39 is 11.8 Å². The zero-order chi connectivity index (χ0) is 14.1. The van der Waals surface area contributed by atoms with Crippen LogP contribution in [0.3, 0.4) is 0 Å². The van der Waals surface area contributed by atoms with Gasteiger partial charge in [0.25, 0.3) is 0 Å². The fraction of sp³-hybridized carbons (Fsp3) is 0.429. The summed E-state index contributed by atoms with van der Waals surface area (Å²) in [5, 5.41) is 13.6. The number of aryl methyl sites for hydroxylation is 1. The molecule has 0 saturated heterocycles. The molecule has 5 nitrogen and oxygen atoms in total. The number of rotatable bonds is 6. The van der Waals surface area contributed by atoms with Crippen molar-refractivity contribution in [2.45, 2.75) is 26.2 Å². The van der Waals surface area contributed by atoms with Crippen LogP contribution >= 0.6 is 0 Å². The minimum absolute atomic E-state index is 0.0127. The molecular weight excluding hydrogens is 244 g/mol.